The Hall–Kier alpha value is -2.43. The zero-order valence-corrected chi connectivity index (χ0v) is 12.3. The van der Waals surface area contributed by atoms with Crippen molar-refractivity contribution in [3.05, 3.63) is 54.1 Å². The molecule has 2 rings (SSSR count). The summed E-state index contributed by atoms with van der Waals surface area (Å²) in [5.41, 5.74) is 2.30. The van der Waals surface area contributed by atoms with Gasteiger partial charge >= 0.3 is 0 Å². The predicted molar refractivity (Wildman–Crippen MR) is 83.0 cm³/mol. The van der Waals surface area contributed by atoms with Gasteiger partial charge in [0.15, 0.2) is 0 Å². The molecule has 1 amide bonds. The Kier molecular flexibility index (Phi) is 5.26. The number of nitrogens with zero attached hydrogens (tertiary/aromatic N) is 2. The summed E-state index contributed by atoms with van der Waals surface area (Å²) in [6, 6.07) is 7.72. The third-order valence-corrected chi connectivity index (χ3v) is 3.19. The van der Waals surface area contributed by atoms with Crippen molar-refractivity contribution in [2.24, 2.45) is 0 Å². The molecule has 0 aliphatic carbocycles. The Morgan fingerprint density at radius 3 is 2.90 bits per heavy atom. The number of hydrogen-bond donors (Lipinski definition) is 2. The SMILES string of the molecule is CCC(C)NC(=O)c1cncc(NCc2ccccn2)c1. The van der Waals surface area contributed by atoms with E-state index in [9.17, 15) is 4.79 Å². The summed E-state index contributed by atoms with van der Waals surface area (Å²) >= 11 is 0. The molecule has 0 aliphatic rings. The second-order valence-corrected chi connectivity index (χ2v) is 4.92. The average molecular weight is 284 g/mol. The van der Waals surface area contributed by atoms with Gasteiger partial charge in [-0.25, -0.2) is 0 Å². The number of pyridine rings is 2. The minimum atomic E-state index is -0.0988. The first-order valence-electron chi connectivity index (χ1n) is 7.08. The van der Waals surface area contributed by atoms with Crippen LogP contribution in [0.2, 0.25) is 0 Å². The van der Waals surface area contributed by atoms with Crippen LogP contribution in [-0.4, -0.2) is 21.9 Å². The van der Waals surface area contributed by atoms with Gasteiger partial charge in [-0.05, 0) is 31.5 Å². The van der Waals surface area contributed by atoms with Crippen LogP contribution in [0, 0.1) is 0 Å². The quantitative estimate of drug-likeness (QED) is 0.855. The van der Waals surface area contributed by atoms with Crippen molar-refractivity contribution in [3.63, 3.8) is 0 Å². The van der Waals surface area contributed by atoms with Crippen molar-refractivity contribution in [2.45, 2.75) is 32.9 Å². The van der Waals surface area contributed by atoms with Crippen molar-refractivity contribution in [1.29, 1.82) is 0 Å². The lowest BCUT2D eigenvalue weighted by molar-refractivity contribution is 0.0939. The molecule has 5 heteroatoms. The van der Waals surface area contributed by atoms with Gasteiger partial charge in [0.2, 0.25) is 0 Å². The third-order valence-electron chi connectivity index (χ3n) is 3.19. The fraction of sp³-hybridized carbons (Fsp3) is 0.312. The highest BCUT2D eigenvalue weighted by molar-refractivity contribution is 5.94. The fourth-order valence-electron chi connectivity index (χ4n) is 1.77. The number of amides is 1. The van der Waals surface area contributed by atoms with Crippen LogP contribution in [0.25, 0.3) is 0 Å². The molecule has 0 saturated carbocycles. The Balaban J connectivity index is 1.99. The van der Waals surface area contributed by atoms with Crippen LogP contribution < -0.4 is 10.6 Å². The summed E-state index contributed by atoms with van der Waals surface area (Å²) in [7, 11) is 0. The van der Waals surface area contributed by atoms with E-state index in [-0.39, 0.29) is 11.9 Å². The van der Waals surface area contributed by atoms with E-state index in [1.165, 1.54) is 0 Å². The number of aromatic nitrogens is 2. The Morgan fingerprint density at radius 1 is 1.33 bits per heavy atom. The van der Waals surface area contributed by atoms with Gasteiger partial charge in [-0.3, -0.25) is 14.8 Å². The van der Waals surface area contributed by atoms with Crippen molar-refractivity contribution in [1.82, 2.24) is 15.3 Å². The summed E-state index contributed by atoms with van der Waals surface area (Å²) in [6.07, 6.45) is 5.93. The Bertz CT molecular complexity index is 586. The maximum absolute atomic E-state index is 12.0. The maximum Gasteiger partial charge on any atom is 0.253 e. The van der Waals surface area contributed by atoms with Gasteiger partial charge in [-0.1, -0.05) is 13.0 Å². The zero-order chi connectivity index (χ0) is 15.1. The topological polar surface area (TPSA) is 66.9 Å². The molecule has 21 heavy (non-hydrogen) atoms. The molecule has 0 fully saturated rings. The van der Waals surface area contributed by atoms with Gasteiger partial charge in [0, 0.05) is 24.6 Å². The van der Waals surface area contributed by atoms with Crippen LogP contribution in [0.5, 0.6) is 0 Å². The summed E-state index contributed by atoms with van der Waals surface area (Å²) < 4.78 is 0. The van der Waals surface area contributed by atoms with E-state index in [0.717, 1.165) is 17.8 Å². The van der Waals surface area contributed by atoms with Crippen LogP contribution in [-0.2, 0) is 6.54 Å². The molecule has 0 spiro atoms. The highest BCUT2D eigenvalue weighted by Gasteiger charge is 2.09. The zero-order valence-electron chi connectivity index (χ0n) is 12.3. The predicted octanol–water partition coefficient (Wildman–Crippen LogP) is 2.62. The van der Waals surface area contributed by atoms with Gasteiger partial charge < -0.3 is 10.6 Å². The Morgan fingerprint density at radius 2 is 2.19 bits per heavy atom. The molecule has 0 bridgehead atoms. The number of nitrogens with one attached hydrogen (secondary N) is 2. The molecule has 2 N–H and O–H groups in total. The van der Waals surface area contributed by atoms with Crippen LogP contribution >= 0.6 is 0 Å². The smallest absolute Gasteiger partial charge is 0.253 e. The van der Waals surface area contributed by atoms with Crippen LogP contribution in [0.3, 0.4) is 0 Å². The number of carbonyl (C=O) groups is 1. The summed E-state index contributed by atoms with van der Waals surface area (Å²) in [5, 5.41) is 6.15. The van der Waals surface area contributed by atoms with E-state index >= 15 is 0 Å². The molecular weight excluding hydrogens is 264 g/mol. The van der Waals surface area contributed by atoms with Crippen LogP contribution in [0.4, 0.5) is 5.69 Å². The first-order chi connectivity index (χ1) is 10.2. The molecule has 5 nitrogen and oxygen atoms in total. The molecule has 1 atom stereocenters. The molecule has 110 valence electrons. The van der Waals surface area contributed by atoms with E-state index < -0.39 is 0 Å². The van der Waals surface area contributed by atoms with Crippen LogP contribution in [0.1, 0.15) is 36.3 Å². The molecule has 2 heterocycles. The van der Waals surface area contributed by atoms with Gasteiger partial charge in [0.05, 0.1) is 23.5 Å². The lowest BCUT2D eigenvalue weighted by Gasteiger charge is -2.12. The number of anilines is 1. The summed E-state index contributed by atoms with van der Waals surface area (Å²) in [5.74, 6) is -0.0988. The number of rotatable bonds is 6. The standard InChI is InChI=1S/C16H20N4O/c1-3-12(2)20-16(21)13-8-15(10-17-9-13)19-11-14-6-4-5-7-18-14/h4-10,12,19H,3,11H2,1-2H3,(H,20,21). The van der Waals surface area contributed by atoms with E-state index in [2.05, 4.69) is 20.6 Å². The molecule has 0 saturated heterocycles. The van der Waals surface area contributed by atoms with Crippen LogP contribution in [0.15, 0.2) is 42.9 Å². The molecule has 0 radical (unpaired) electrons. The normalized spacial score (nSPS) is 11.7. The number of hydrogen-bond acceptors (Lipinski definition) is 4. The average Bonchev–Trinajstić information content (AvgIpc) is 2.54. The van der Waals surface area contributed by atoms with Crippen molar-refractivity contribution in [3.8, 4) is 0 Å². The van der Waals surface area contributed by atoms with Gasteiger partial charge in [-0.15, -0.1) is 0 Å². The monoisotopic (exact) mass is 284 g/mol. The summed E-state index contributed by atoms with van der Waals surface area (Å²) in [6.45, 7) is 4.61. The van der Waals surface area contributed by atoms with Crippen molar-refractivity contribution >= 4 is 11.6 Å². The second-order valence-electron chi connectivity index (χ2n) is 4.92. The lowest BCUT2D eigenvalue weighted by Crippen LogP contribution is -2.32. The van der Waals surface area contributed by atoms with Crippen molar-refractivity contribution in [2.75, 3.05) is 5.32 Å². The van der Waals surface area contributed by atoms with E-state index in [4.69, 9.17) is 0 Å². The largest absolute Gasteiger partial charge is 0.378 e. The lowest BCUT2D eigenvalue weighted by atomic mass is 10.2. The molecule has 0 aliphatic heterocycles. The molecule has 1 unspecified atom stereocenters. The fourth-order valence-corrected chi connectivity index (χ4v) is 1.77. The molecule has 2 aromatic rings. The summed E-state index contributed by atoms with van der Waals surface area (Å²) in [4.78, 5) is 20.4. The molecule has 0 aromatic carbocycles. The first-order valence-corrected chi connectivity index (χ1v) is 7.08. The third kappa shape index (κ3) is 4.56. The van der Waals surface area contributed by atoms with Gasteiger partial charge in [0.1, 0.15) is 0 Å². The minimum Gasteiger partial charge on any atom is -0.378 e. The minimum absolute atomic E-state index is 0.0988. The number of carbonyl (C=O) groups excluding carboxylic acids is 1. The van der Waals surface area contributed by atoms with E-state index in [1.54, 1.807) is 24.7 Å². The highest BCUT2D eigenvalue weighted by Crippen LogP contribution is 2.10. The van der Waals surface area contributed by atoms with Gasteiger partial charge in [0.25, 0.3) is 5.91 Å². The van der Waals surface area contributed by atoms with E-state index in [1.807, 2.05) is 32.0 Å². The molecule has 2 aromatic heterocycles. The first kappa shape index (κ1) is 15.0. The maximum atomic E-state index is 12.0. The van der Waals surface area contributed by atoms with E-state index in [0.29, 0.717) is 12.1 Å². The Labute approximate surface area is 124 Å². The van der Waals surface area contributed by atoms with Gasteiger partial charge in [-0.2, -0.15) is 0 Å². The highest BCUT2D eigenvalue weighted by atomic mass is 16.1. The molecular formula is C16H20N4O. The van der Waals surface area contributed by atoms with Crippen molar-refractivity contribution < 1.29 is 4.79 Å². The second kappa shape index (κ2) is 7.38.